The van der Waals surface area contributed by atoms with E-state index in [-0.39, 0.29) is 12.1 Å². The van der Waals surface area contributed by atoms with Gasteiger partial charge in [0.25, 0.3) is 0 Å². The number of allylic oxidation sites excluding steroid dienone is 4. The van der Waals surface area contributed by atoms with Crippen molar-refractivity contribution in [2.75, 3.05) is 0 Å². The SMILES string of the molecule is CC(C)=CCC/C(C)=C/C[C@@H](OC(=O)N[C@@H](C)c1cccc2ccccc12)/C(C)=C/CCc1ccoc1. The Hall–Kier alpha value is -3.53. The van der Waals surface area contributed by atoms with Gasteiger partial charge in [-0.25, -0.2) is 4.79 Å². The van der Waals surface area contributed by atoms with Crippen molar-refractivity contribution in [2.24, 2.45) is 0 Å². The fraction of sp³-hybridized carbons (Fsp3) is 0.364. The van der Waals surface area contributed by atoms with E-state index in [0.29, 0.717) is 6.42 Å². The summed E-state index contributed by atoms with van der Waals surface area (Å²) in [5.74, 6) is 0. The van der Waals surface area contributed by atoms with Gasteiger partial charge >= 0.3 is 6.09 Å². The number of hydrogen-bond acceptors (Lipinski definition) is 3. The van der Waals surface area contributed by atoms with Crippen LogP contribution in [0.5, 0.6) is 0 Å². The smallest absolute Gasteiger partial charge is 0.408 e. The first kappa shape index (κ1) is 28.0. The Morgan fingerprint density at radius 2 is 1.76 bits per heavy atom. The Labute approximate surface area is 222 Å². The van der Waals surface area contributed by atoms with Crippen molar-refractivity contribution in [3.05, 3.63) is 107 Å². The maximum atomic E-state index is 13.0. The fourth-order valence-electron chi connectivity index (χ4n) is 4.40. The third-order valence-corrected chi connectivity index (χ3v) is 6.63. The van der Waals surface area contributed by atoms with Gasteiger partial charge in [-0.1, -0.05) is 71.8 Å². The molecule has 0 aliphatic heterocycles. The van der Waals surface area contributed by atoms with Gasteiger partial charge in [0.2, 0.25) is 0 Å². The van der Waals surface area contributed by atoms with Gasteiger partial charge in [-0.15, -0.1) is 0 Å². The van der Waals surface area contributed by atoms with Gasteiger partial charge in [0.15, 0.2) is 0 Å². The summed E-state index contributed by atoms with van der Waals surface area (Å²) in [6.07, 6.45) is 13.8. The molecule has 2 aromatic carbocycles. The first-order valence-electron chi connectivity index (χ1n) is 13.2. The molecule has 1 amide bonds. The van der Waals surface area contributed by atoms with Crippen LogP contribution in [-0.2, 0) is 11.2 Å². The number of benzene rings is 2. The van der Waals surface area contributed by atoms with Crippen molar-refractivity contribution in [3.8, 4) is 0 Å². The van der Waals surface area contributed by atoms with Crippen LogP contribution in [0.25, 0.3) is 10.8 Å². The maximum Gasteiger partial charge on any atom is 0.408 e. The molecule has 4 heteroatoms. The number of carbonyl (C=O) groups is 1. The summed E-state index contributed by atoms with van der Waals surface area (Å²) in [7, 11) is 0. The second-order valence-electron chi connectivity index (χ2n) is 10.1. The van der Waals surface area contributed by atoms with Crippen LogP contribution in [0.15, 0.2) is 100 Å². The molecule has 0 saturated heterocycles. The molecule has 1 heterocycles. The van der Waals surface area contributed by atoms with Gasteiger partial charge in [0.05, 0.1) is 18.6 Å². The molecule has 1 N–H and O–H groups in total. The monoisotopic (exact) mass is 499 g/mol. The average molecular weight is 500 g/mol. The van der Waals surface area contributed by atoms with Gasteiger partial charge in [0, 0.05) is 6.42 Å². The number of amides is 1. The summed E-state index contributed by atoms with van der Waals surface area (Å²) in [6, 6.07) is 16.2. The molecule has 2 atom stereocenters. The normalized spacial score (nSPS) is 13.8. The van der Waals surface area contributed by atoms with E-state index in [0.717, 1.165) is 53.2 Å². The Morgan fingerprint density at radius 1 is 0.973 bits per heavy atom. The van der Waals surface area contributed by atoms with Crippen LogP contribution in [-0.4, -0.2) is 12.2 Å². The van der Waals surface area contributed by atoms with Crippen LogP contribution in [0.1, 0.15) is 77.5 Å². The van der Waals surface area contributed by atoms with Crippen molar-refractivity contribution in [3.63, 3.8) is 0 Å². The molecule has 0 unspecified atom stereocenters. The lowest BCUT2D eigenvalue weighted by Crippen LogP contribution is -2.31. The van der Waals surface area contributed by atoms with Crippen LogP contribution in [0.2, 0.25) is 0 Å². The molecule has 1 aromatic heterocycles. The summed E-state index contributed by atoms with van der Waals surface area (Å²) in [5.41, 5.74) is 5.95. The van der Waals surface area contributed by atoms with Crippen molar-refractivity contribution < 1.29 is 13.9 Å². The summed E-state index contributed by atoms with van der Waals surface area (Å²) in [5, 5.41) is 5.35. The van der Waals surface area contributed by atoms with E-state index in [1.807, 2.05) is 38.1 Å². The van der Waals surface area contributed by atoms with Crippen LogP contribution >= 0.6 is 0 Å². The molecule has 3 aromatic rings. The first-order chi connectivity index (χ1) is 17.8. The number of alkyl carbamates (subject to hydrolysis) is 1. The summed E-state index contributed by atoms with van der Waals surface area (Å²) >= 11 is 0. The highest BCUT2D eigenvalue weighted by Crippen LogP contribution is 2.24. The molecule has 3 rings (SSSR count). The highest BCUT2D eigenvalue weighted by Gasteiger charge is 2.18. The van der Waals surface area contributed by atoms with Crippen LogP contribution in [0, 0.1) is 0 Å². The number of rotatable bonds is 12. The third-order valence-electron chi connectivity index (χ3n) is 6.63. The molecular formula is C33H41NO3. The number of hydrogen-bond donors (Lipinski definition) is 1. The minimum atomic E-state index is -0.399. The lowest BCUT2D eigenvalue weighted by Gasteiger charge is -2.21. The van der Waals surface area contributed by atoms with Crippen LogP contribution in [0.4, 0.5) is 4.79 Å². The van der Waals surface area contributed by atoms with Crippen molar-refractivity contribution in [1.82, 2.24) is 5.32 Å². The number of ether oxygens (including phenoxy) is 1. The molecule has 0 spiro atoms. The summed E-state index contributed by atoms with van der Waals surface area (Å²) in [6.45, 7) is 10.4. The van der Waals surface area contributed by atoms with Gasteiger partial charge < -0.3 is 14.5 Å². The molecule has 0 bridgehead atoms. The molecule has 0 fully saturated rings. The molecule has 0 saturated carbocycles. The van der Waals surface area contributed by atoms with E-state index in [9.17, 15) is 4.79 Å². The molecule has 0 aliphatic carbocycles. The third kappa shape index (κ3) is 9.13. The van der Waals surface area contributed by atoms with Crippen LogP contribution in [0.3, 0.4) is 0 Å². The highest BCUT2D eigenvalue weighted by atomic mass is 16.6. The first-order valence-corrected chi connectivity index (χ1v) is 13.2. The zero-order chi connectivity index (χ0) is 26.6. The van der Waals surface area contributed by atoms with Crippen molar-refractivity contribution in [1.29, 1.82) is 0 Å². The second kappa shape index (κ2) is 14.3. The highest BCUT2D eigenvalue weighted by molar-refractivity contribution is 5.86. The molecular weight excluding hydrogens is 458 g/mol. The number of carbonyl (C=O) groups excluding carboxylic acids is 1. The molecule has 0 radical (unpaired) electrons. The van der Waals surface area contributed by atoms with E-state index >= 15 is 0 Å². The van der Waals surface area contributed by atoms with E-state index < -0.39 is 6.09 Å². The predicted molar refractivity (Wildman–Crippen MR) is 154 cm³/mol. The lowest BCUT2D eigenvalue weighted by molar-refractivity contribution is 0.112. The van der Waals surface area contributed by atoms with Gasteiger partial charge in [0.1, 0.15) is 6.10 Å². The lowest BCUT2D eigenvalue weighted by atomic mass is 10.00. The molecule has 4 nitrogen and oxygen atoms in total. The Balaban J connectivity index is 1.68. The standard InChI is InChI=1S/C33H41NO3/c1-24(2)11-8-12-25(3)19-20-32(26(4)13-9-14-28-21-22-36-23-28)37-33(35)34-27(5)30-18-10-16-29-15-6-7-17-31(29)30/h6-7,10-11,13,15-19,21-23,27,32H,8-9,12,14,20H2,1-5H3,(H,34,35)/b25-19+,26-13+/t27-,32+/m0/s1. The summed E-state index contributed by atoms with van der Waals surface area (Å²) < 4.78 is 11.2. The Morgan fingerprint density at radius 3 is 2.51 bits per heavy atom. The maximum absolute atomic E-state index is 13.0. The average Bonchev–Trinajstić information content (AvgIpc) is 3.39. The number of aryl methyl sites for hydroxylation is 1. The van der Waals surface area contributed by atoms with Crippen LogP contribution < -0.4 is 5.32 Å². The zero-order valence-corrected chi connectivity index (χ0v) is 22.9. The van der Waals surface area contributed by atoms with Gasteiger partial charge in [-0.05, 0) is 93.8 Å². The fourth-order valence-corrected chi connectivity index (χ4v) is 4.40. The van der Waals surface area contributed by atoms with Gasteiger partial charge in [-0.3, -0.25) is 0 Å². The molecule has 0 aliphatic rings. The Kier molecular flexibility index (Phi) is 10.8. The second-order valence-corrected chi connectivity index (χ2v) is 10.1. The van der Waals surface area contributed by atoms with Crippen molar-refractivity contribution in [2.45, 2.75) is 78.9 Å². The zero-order valence-electron chi connectivity index (χ0n) is 22.9. The number of nitrogens with one attached hydrogen (secondary N) is 1. The largest absolute Gasteiger partial charge is 0.472 e. The number of furan rings is 1. The van der Waals surface area contributed by atoms with Gasteiger partial charge in [-0.2, -0.15) is 0 Å². The van der Waals surface area contributed by atoms with E-state index in [1.165, 1.54) is 11.1 Å². The molecule has 37 heavy (non-hydrogen) atoms. The minimum Gasteiger partial charge on any atom is -0.472 e. The summed E-state index contributed by atoms with van der Waals surface area (Å²) in [4.78, 5) is 13.0. The topological polar surface area (TPSA) is 51.5 Å². The predicted octanol–water partition coefficient (Wildman–Crippen LogP) is 9.25. The van der Waals surface area contributed by atoms with E-state index in [1.54, 1.807) is 12.5 Å². The number of fused-ring (bicyclic) bond motifs is 1. The van der Waals surface area contributed by atoms with E-state index in [2.05, 4.69) is 68.6 Å². The minimum absolute atomic E-state index is 0.175. The molecule has 196 valence electrons. The van der Waals surface area contributed by atoms with Crippen molar-refractivity contribution >= 4 is 16.9 Å². The Bertz CT molecular complexity index is 1220. The van der Waals surface area contributed by atoms with E-state index in [4.69, 9.17) is 9.15 Å². The quantitative estimate of drug-likeness (QED) is 0.253.